The third-order valence-electron chi connectivity index (χ3n) is 4.37. The number of carbonyl (C=O) groups is 2. The molecule has 1 amide bonds. The summed E-state index contributed by atoms with van der Waals surface area (Å²) >= 11 is 0. The molecule has 2 atom stereocenters. The third kappa shape index (κ3) is 3.81. The first-order valence-electron chi connectivity index (χ1n) is 8.06. The summed E-state index contributed by atoms with van der Waals surface area (Å²) in [6, 6.07) is 6.10. The van der Waals surface area contributed by atoms with Crippen LogP contribution in [0.15, 0.2) is 30.4 Å². The molecule has 1 N–H and O–H groups in total. The lowest BCUT2D eigenvalue weighted by Gasteiger charge is -2.33. The Morgan fingerprint density at radius 3 is 2.13 bits per heavy atom. The molecule has 0 bridgehead atoms. The first kappa shape index (κ1) is 17.3. The highest BCUT2D eigenvalue weighted by Gasteiger charge is 2.38. The molecule has 0 heterocycles. The van der Waals surface area contributed by atoms with Gasteiger partial charge in [-0.05, 0) is 36.5 Å². The minimum atomic E-state index is -0.928. The minimum absolute atomic E-state index is 0.0868. The van der Waals surface area contributed by atoms with Gasteiger partial charge < -0.3 is 10.0 Å². The zero-order chi connectivity index (χ0) is 17.1. The summed E-state index contributed by atoms with van der Waals surface area (Å²) in [5, 5.41) is 9.17. The van der Waals surface area contributed by atoms with Crippen LogP contribution in [0.4, 0.5) is 0 Å². The molecule has 23 heavy (non-hydrogen) atoms. The van der Waals surface area contributed by atoms with Crippen molar-refractivity contribution in [3.05, 3.63) is 47.0 Å². The zero-order valence-electron chi connectivity index (χ0n) is 14.2. The highest BCUT2D eigenvalue weighted by Crippen LogP contribution is 2.29. The predicted molar refractivity (Wildman–Crippen MR) is 89.9 cm³/mol. The van der Waals surface area contributed by atoms with Gasteiger partial charge in [0.15, 0.2) is 0 Å². The second kappa shape index (κ2) is 6.99. The lowest BCUT2D eigenvalue weighted by molar-refractivity contribution is -0.148. The Kier molecular flexibility index (Phi) is 5.24. The average molecular weight is 315 g/mol. The van der Waals surface area contributed by atoms with Gasteiger partial charge in [0.1, 0.15) is 0 Å². The van der Waals surface area contributed by atoms with Gasteiger partial charge in [-0.25, -0.2) is 0 Å². The van der Waals surface area contributed by atoms with E-state index in [-0.39, 0.29) is 5.91 Å². The molecule has 1 aliphatic rings. The van der Waals surface area contributed by atoms with E-state index >= 15 is 0 Å². The molecule has 0 unspecified atom stereocenters. The Balaban J connectivity index is 2.22. The molecule has 2 rings (SSSR count). The number of hydrogen-bond acceptors (Lipinski definition) is 2. The Labute approximate surface area is 137 Å². The number of carbonyl (C=O) groups excluding carboxylic acids is 1. The fraction of sp³-hybridized carbons (Fsp3) is 0.474. The molecule has 4 nitrogen and oxygen atoms in total. The van der Waals surface area contributed by atoms with E-state index in [0.717, 1.165) is 16.7 Å². The van der Waals surface area contributed by atoms with Crippen molar-refractivity contribution in [2.45, 2.75) is 34.2 Å². The molecule has 0 saturated heterocycles. The van der Waals surface area contributed by atoms with Crippen molar-refractivity contribution in [3.63, 3.8) is 0 Å². The fourth-order valence-electron chi connectivity index (χ4n) is 2.98. The largest absolute Gasteiger partial charge is 0.481 e. The molecule has 4 heteroatoms. The van der Waals surface area contributed by atoms with Crippen LogP contribution in [0, 0.1) is 31.6 Å². The minimum Gasteiger partial charge on any atom is -0.481 e. The topological polar surface area (TPSA) is 57.6 Å². The molecule has 0 fully saturated rings. The van der Waals surface area contributed by atoms with Gasteiger partial charge >= 0.3 is 5.97 Å². The van der Waals surface area contributed by atoms with Crippen LogP contribution in [0.2, 0.25) is 0 Å². The monoisotopic (exact) mass is 315 g/mol. The molecule has 0 aromatic heterocycles. The molecule has 0 radical (unpaired) electrons. The maximum Gasteiger partial charge on any atom is 0.311 e. The summed E-state index contributed by atoms with van der Waals surface area (Å²) in [7, 11) is 0. The van der Waals surface area contributed by atoms with Crippen molar-refractivity contribution in [2.75, 3.05) is 6.54 Å². The summed E-state index contributed by atoms with van der Waals surface area (Å²) in [6.45, 7) is 9.38. The SMILES string of the molecule is Cc1cccc(C)c1CN(CC(C)C)C(=O)[C@@H]1C=C[C@@H]1C(=O)O. The van der Waals surface area contributed by atoms with Crippen LogP contribution >= 0.6 is 0 Å². The van der Waals surface area contributed by atoms with Gasteiger partial charge in [-0.1, -0.05) is 44.2 Å². The third-order valence-corrected chi connectivity index (χ3v) is 4.37. The Morgan fingerprint density at radius 2 is 1.70 bits per heavy atom. The van der Waals surface area contributed by atoms with Crippen LogP contribution in [0.3, 0.4) is 0 Å². The predicted octanol–water partition coefficient (Wildman–Crippen LogP) is 3.17. The van der Waals surface area contributed by atoms with E-state index in [9.17, 15) is 14.7 Å². The van der Waals surface area contributed by atoms with E-state index < -0.39 is 17.8 Å². The molecular formula is C19H25NO3. The van der Waals surface area contributed by atoms with Crippen LogP contribution in [0.25, 0.3) is 0 Å². The van der Waals surface area contributed by atoms with Gasteiger partial charge in [-0.15, -0.1) is 0 Å². The first-order chi connectivity index (χ1) is 10.8. The van der Waals surface area contributed by atoms with E-state index in [1.165, 1.54) is 0 Å². The maximum absolute atomic E-state index is 12.8. The standard InChI is InChI=1S/C19H25NO3/c1-12(2)10-20(11-17-13(3)6-5-7-14(17)4)18(21)15-8-9-16(15)19(22)23/h5-9,12,15-16H,10-11H2,1-4H3,(H,22,23)/t15-,16+/m1/s1. The van der Waals surface area contributed by atoms with E-state index in [1.807, 2.05) is 36.9 Å². The normalized spacial score (nSPS) is 19.5. The van der Waals surface area contributed by atoms with Crippen molar-refractivity contribution in [1.29, 1.82) is 0 Å². The number of aryl methyl sites for hydroxylation is 2. The Bertz CT molecular complexity index is 613. The van der Waals surface area contributed by atoms with Crippen LogP contribution in [-0.4, -0.2) is 28.4 Å². The summed E-state index contributed by atoms with van der Waals surface area (Å²) in [5.74, 6) is -1.90. The Hall–Kier alpha value is -2.10. The van der Waals surface area contributed by atoms with E-state index in [2.05, 4.69) is 13.8 Å². The number of carboxylic acid groups (broad SMARTS) is 1. The highest BCUT2D eigenvalue weighted by molar-refractivity contribution is 5.89. The molecule has 1 aromatic rings. The summed E-state index contributed by atoms with van der Waals surface area (Å²) in [4.78, 5) is 25.8. The molecule has 1 aliphatic carbocycles. The van der Waals surface area contributed by atoms with Gasteiger partial charge in [0, 0.05) is 13.1 Å². The van der Waals surface area contributed by atoms with Gasteiger partial charge in [-0.2, -0.15) is 0 Å². The quantitative estimate of drug-likeness (QED) is 0.820. The molecule has 124 valence electrons. The lowest BCUT2D eigenvalue weighted by Crippen LogP contribution is -2.44. The molecular weight excluding hydrogens is 290 g/mol. The first-order valence-corrected chi connectivity index (χ1v) is 8.06. The number of hydrogen-bond donors (Lipinski definition) is 1. The average Bonchev–Trinajstić information content (AvgIpc) is 2.39. The molecule has 0 spiro atoms. The Morgan fingerprint density at radius 1 is 1.13 bits per heavy atom. The lowest BCUT2D eigenvalue weighted by atomic mass is 9.81. The van der Waals surface area contributed by atoms with Crippen LogP contribution in [-0.2, 0) is 16.1 Å². The summed E-state index contributed by atoms with van der Waals surface area (Å²) in [6.07, 6.45) is 3.30. The second-order valence-corrected chi connectivity index (χ2v) is 6.76. The van der Waals surface area contributed by atoms with Gasteiger partial charge in [-0.3, -0.25) is 9.59 Å². The van der Waals surface area contributed by atoms with Crippen molar-refractivity contribution in [1.82, 2.24) is 4.90 Å². The number of amides is 1. The van der Waals surface area contributed by atoms with Crippen molar-refractivity contribution in [2.24, 2.45) is 17.8 Å². The molecule has 1 aromatic carbocycles. The van der Waals surface area contributed by atoms with Gasteiger partial charge in [0.2, 0.25) is 5.91 Å². The second-order valence-electron chi connectivity index (χ2n) is 6.76. The van der Waals surface area contributed by atoms with Crippen LogP contribution < -0.4 is 0 Å². The van der Waals surface area contributed by atoms with Crippen molar-refractivity contribution < 1.29 is 14.7 Å². The van der Waals surface area contributed by atoms with E-state index in [4.69, 9.17) is 0 Å². The number of carboxylic acids is 1. The number of nitrogens with zero attached hydrogens (tertiary/aromatic N) is 1. The van der Waals surface area contributed by atoms with Gasteiger partial charge in [0.05, 0.1) is 11.8 Å². The van der Waals surface area contributed by atoms with Crippen molar-refractivity contribution >= 4 is 11.9 Å². The number of rotatable bonds is 6. The summed E-state index contributed by atoms with van der Waals surface area (Å²) < 4.78 is 0. The zero-order valence-corrected chi connectivity index (χ0v) is 14.2. The van der Waals surface area contributed by atoms with Crippen LogP contribution in [0.5, 0.6) is 0 Å². The summed E-state index contributed by atoms with van der Waals surface area (Å²) in [5.41, 5.74) is 3.47. The maximum atomic E-state index is 12.8. The fourth-order valence-corrected chi connectivity index (χ4v) is 2.98. The smallest absolute Gasteiger partial charge is 0.311 e. The van der Waals surface area contributed by atoms with Crippen molar-refractivity contribution in [3.8, 4) is 0 Å². The number of aliphatic carboxylic acids is 1. The van der Waals surface area contributed by atoms with Crippen LogP contribution in [0.1, 0.15) is 30.5 Å². The van der Waals surface area contributed by atoms with E-state index in [1.54, 1.807) is 12.2 Å². The van der Waals surface area contributed by atoms with Gasteiger partial charge in [0.25, 0.3) is 0 Å². The molecule has 0 aliphatic heterocycles. The number of benzene rings is 1. The molecule has 0 saturated carbocycles. The van der Waals surface area contributed by atoms with E-state index in [0.29, 0.717) is 19.0 Å². The highest BCUT2D eigenvalue weighted by atomic mass is 16.4.